The second-order valence-electron chi connectivity index (χ2n) is 7.20. The van der Waals surface area contributed by atoms with E-state index in [1.165, 1.54) is 0 Å². The molecule has 0 unspecified atom stereocenters. The summed E-state index contributed by atoms with van der Waals surface area (Å²) in [5.74, 6) is 1.30. The summed E-state index contributed by atoms with van der Waals surface area (Å²) in [4.78, 5) is 9.64. The Morgan fingerprint density at radius 3 is 2.59 bits per heavy atom. The van der Waals surface area contributed by atoms with E-state index >= 15 is 0 Å². The molecular formula is C23H21N3O. The van der Waals surface area contributed by atoms with Crippen LogP contribution in [0, 0.1) is 0 Å². The molecule has 3 aromatic heterocycles. The van der Waals surface area contributed by atoms with E-state index in [0.29, 0.717) is 11.6 Å². The summed E-state index contributed by atoms with van der Waals surface area (Å²) >= 11 is 0. The number of para-hydroxylation sites is 3. The fourth-order valence-electron chi connectivity index (χ4n) is 3.79. The van der Waals surface area contributed by atoms with E-state index in [0.717, 1.165) is 51.0 Å². The summed E-state index contributed by atoms with van der Waals surface area (Å²) in [6.45, 7) is 7.28. The van der Waals surface area contributed by atoms with Crippen molar-refractivity contribution in [2.45, 2.75) is 33.2 Å². The van der Waals surface area contributed by atoms with Gasteiger partial charge in [-0.3, -0.25) is 0 Å². The highest BCUT2D eigenvalue weighted by molar-refractivity contribution is 6.08. The molecule has 0 fully saturated rings. The van der Waals surface area contributed by atoms with Gasteiger partial charge in [0.1, 0.15) is 11.4 Å². The largest absolute Gasteiger partial charge is 0.437 e. The average molecular weight is 355 g/mol. The lowest BCUT2D eigenvalue weighted by molar-refractivity contribution is 0.647. The maximum Gasteiger partial charge on any atom is 0.227 e. The molecule has 5 aromatic rings. The fraction of sp³-hybridized carbons (Fsp3) is 0.217. The van der Waals surface area contributed by atoms with Gasteiger partial charge in [-0.15, -0.1) is 0 Å². The van der Waals surface area contributed by atoms with Crippen LogP contribution in [-0.4, -0.2) is 14.5 Å². The lowest BCUT2D eigenvalue weighted by Gasteiger charge is -2.06. The minimum atomic E-state index is 0.367. The molecule has 0 spiro atoms. The number of pyridine rings is 1. The standard InChI is InChI=1S/C23H21N3O/c1-4-26-20-11-6-5-10-19(20)24-22(26)17-9-7-8-15-16-12-13-18(14(2)3)25-23(16)27-21(15)17/h5-14H,4H2,1-3H3. The number of fused-ring (bicyclic) bond motifs is 4. The molecular weight excluding hydrogens is 334 g/mol. The topological polar surface area (TPSA) is 43.9 Å². The second-order valence-corrected chi connectivity index (χ2v) is 7.20. The van der Waals surface area contributed by atoms with Crippen LogP contribution in [0.2, 0.25) is 0 Å². The van der Waals surface area contributed by atoms with E-state index in [1.54, 1.807) is 0 Å². The molecule has 0 bridgehead atoms. The predicted molar refractivity (Wildman–Crippen MR) is 110 cm³/mol. The van der Waals surface area contributed by atoms with Crippen molar-refractivity contribution in [3.63, 3.8) is 0 Å². The minimum Gasteiger partial charge on any atom is -0.437 e. The summed E-state index contributed by atoms with van der Waals surface area (Å²) in [6, 6.07) is 18.7. The minimum absolute atomic E-state index is 0.367. The number of benzene rings is 2. The Morgan fingerprint density at radius 1 is 0.926 bits per heavy atom. The summed E-state index contributed by atoms with van der Waals surface area (Å²) in [7, 11) is 0. The van der Waals surface area contributed by atoms with Gasteiger partial charge in [-0.05, 0) is 43.2 Å². The Hall–Kier alpha value is -3.14. The van der Waals surface area contributed by atoms with Gasteiger partial charge in [0.05, 0.1) is 16.6 Å². The zero-order valence-corrected chi connectivity index (χ0v) is 15.7. The van der Waals surface area contributed by atoms with Crippen LogP contribution in [0.25, 0.3) is 44.5 Å². The van der Waals surface area contributed by atoms with Crippen molar-refractivity contribution in [1.82, 2.24) is 14.5 Å². The van der Waals surface area contributed by atoms with Crippen molar-refractivity contribution in [3.8, 4) is 11.4 Å². The van der Waals surface area contributed by atoms with Crippen molar-refractivity contribution in [1.29, 1.82) is 0 Å². The third kappa shape index (κ3) is 2.36. The highest BCUT2D eigenvalue weighted by atomic mass is 16.3. The smallest absolute Gasteiger partial charge is 0.227 e. The molecule has 0 atom stereocenters. The van der Waals surface area contributed by atoms with Gasteiger partial charge >= 0.3 is 0 Å². The molecule has 134 valence electrons. The third-order valence-corrected chi connectivity index (χ3v) is 5.19. The zero-order valence-electron chi connectivity index (χ0n) is 15.7. The van der Waals surface area contributed by atoms with Crippen LogP contribution in [0.5, 0.6) is 0 Å². The molecule has 5 rings (SSSR count). The zero-order chi connectivity index (χ0) is 18.5. The molecule has 0 saturated carbocycles. The van der Waals surface area contributed by atoms with E-state index in [9.17, 15) is 0 Å². The van der Waals surface area contributed by atoms with Crippen LogP contribution >= 0.6 is 0 Å². The number of aromatic nitrogens is 3. The maximum atomic E-state index is 6.26. The summed E-state index contributed by atoms with van der Waals surface area (Å²) in [5, 5.41) is 2.13. The number of nitrogens with zero attached hydrogens (tertiary/aromatic N) is 3. The number of aryl methyl sites for hydroxylation is 1. The molecule has 0 radical (unpaired) electrons. The number of rotatable bonds is 3. The van der Waals surface area contributed by atoms with Gasteiger partial charge in [0.15, 0.2) is 0 Å². The highest BCUT2D eigenvalue weighted by Gasteiger charge is 2.18. The molecule has 0 saturated heterocycles. The number of imidazole rings is 1. The van der Waals surface area contributed by atoms with Crippen LogP contribution in [0.3, 0.4) is 0 Å². The lowest BCUT2D eigenvalue weighted by Crippen LogP contribution is -1.97. The van der Waals surface area contributed by atoms with Crippen LogP contribution in [0.1, 0.15) is 32.4 Å². The molecule has 0 N–H and O–H groups in total. The van der Waals surface area contributed by atoms with E-state index in [1.807, 2.05) is 6.07 Å². The van der Waals surface area contributed by atoms with E-state index in [4.69, 9.17) is 14.4 Å². The molecule has 0 aliphatic carbocycles. The lowest BCUT2D eigenvalue weighted by atomic mass is 10.1. The van der Waals surface area contributed by atoms with Crippen molar-refractivity contribution in [3.05, 3.63) is 60.3 Å². The van der Waals surface area contributed by atoms with Gasteiger partial charge in [0.2, 0.25) is 5.71 Å². The van der Waals surface area contributed by atoms with Crippen molar-refractivity contribution >= 4 is 33.1 Å². The van der Waals surface area contributed by atoms with Gasteiger partial charge in [-0.1, -0.05) is 38.1 Å². The quantitative estimate of drug-likeness (QED) is 0.390. The fourth-order valence-corrected chi connectivity index (χ4v) is 3.79. The molecule has 0 aliphatic rings. The first-order valence-electron chi connectivity index (χ1n) is 9.45. The van der Waals surface area contributed by atoms with Crippen molar-refractivity contribution < 1.29 is 4.42 Å². The predicted octanol–water partition coefficient (Wildman–Crippen LogP) is 6.14. The van der Waals surface area contributed by atoms with Crippen molar-refractivity contribution in [2.75, 3.05) is 0 Å². The van der Waals surface area contributed by atoms with Gasteiger partial charge < -0.3 is 8.98 Å². The molecule has 2 aromatic carbocycles. The maximum absolute atomic E-state index is 6.26. The molecule has 4 nitrogen and oxygen atoms in total. The molecule has 4 heteroatoms. The molecule has 0 aliphatic heterocycles. The van der Waals surface area contributed by atoms with Gasteiger partial charge in [-0.2, -0.15) is 0 Å². The van der Waals surface area contributed by atoms with Gasteiger partial charge in [-0.25, -0.2) is 9.97 Å². The molecule has 3 heterocycles. The number of hydrogen-bond acceptors (Lipinski definition) is 3. The summed E-state index contributed by atoms with van der Waals surface area (Å²) < 4.78 is 8.50. The third-order valence-electron chi connectivity index (χ3n) is 5.19. The van der Waals surface area contributed by atoms with Crippen molar-refractivity contribution in [2.24, 2.45) is 0 Å². The number of furan rings is 1. The second kappa shape index (κ2) is 5.95. The Morgan fingerprint density at radius 2 is 1.78 bits per heavy atom. The van der Waals surface area contributed by atoms with E-state index < -0.39 is 0 Å². The average Bonchev–Trinajstić information content (AvgIpc) is 3.25. The Bertz CT molecular complexity index is 1290. The monoisotopic (exact) mass is 355 g/mol. The van der Waals surface area contributed by atoms with Gasteiger partial charge in [0, 0.05) is 23.0 Å². The van der Waals surface area contributed by atoms with Crippen LogP contribution in [0.15, 0.2) is 59.0 Å². The van der Waals surface area contributed by atoms with Gasteiger partial charge in [0.25, 0.3) is 0 Å². The van der Waals surface area contributed by atoms with E-state index in [-0.39, 0.29) is 0 Å². The van der Waals surface area contributed by atoms with E-state index in [2.05, 4.69) is 73.9 Å². The Kier molecular flexibility index (Phi) is 3.54. The highest BCUT2D eigenvalue weighted by Crippen LogP contribution is 2.36. The number of hydrogen-bond donors (Lipinski definition) is 0. The van der Waals surface area contributed by atoms with Crippen LogP contribution in [-0.2, 0) is 6.54 Å². The normalized spacial score (nSPS) is 12.0. The molecule has 0 amide bonds. The Labute approximate surface area is 157 Å². The summed E-state index contributed by atoms with van der Waals surface area (Å²) in [5.41, 5.74) is 5.75. The first-order chi connectivity index (χ1) is 13.2. The molecule has 27 heavy (non-hydrogen) atoms. The van der Waals surface area contributed by atoms with Crippen LogP contribution < -0.4 is 0 Å². The van der Waals surface area contributed by atoms with Crippen LogP contribution in [0.4, 0.5) is 0 Å². The first kappa shape index (κ1) is 16.1. The summed E-state index contributed by atoms with van der Waals surface area (Å²) in [6.07, 6.45) is 0. The first-order valence-corrected chi connectivity index (χ1v) is 9.45. The Balaban J connectivity index is 1.83. The SMILES string of the molecule is CCn1c(-c2cccc3c2oc2nc(C(C)C)ccc23)nc2ccccc21.